The van der Waals surface area contributed by atoms with Gasteiger partial charge in [0.05, 0.1) is 0 Å². The van der Waals surface area contributed by atoms with E-state index < -0.39 is 7.32 Å². The van der Waals surface area contributed by atoms with Gasteiger partial charge in [-0.2, -0.15) is 0 Å². The van der Waals surface area contributed by atoms with Gasteiger partial charge in [0.1, 0.15) is 0 Å². The Morgan fingerprint density at radius 1 is 1.40 bits per heavy atom. The maximum Gasteiger partial charge on any atom is 0.633 e. The SMILES string of the molecule is C=Cc1cc(C)cc(CCOB(O)O)c1. The van der Waals surface area contributed by atoms with Crippen LogP contribution in [0.3, 0.4) is 0 Å². The minimum Gasteiger partial charge on any atom is -0.402 e. The fourth-order valence-corrected chi connectivity index (χ4v) is 1.44. The summed E-state index contributed by atoms with van der Waals surface area (Å²) in [4.78, 5) is 0. The summed E-state index contributed by atoms with van der Waals surface area (Å²) in [6.45, 7) is 6.01. The molecule has 1 rings (SSSR count). The summed E-state index contributed by atoms with van der Waals surface area (Å²) in [5.74, 6) is 0. The van der Waals surface area contributed by atoms with Crippen molar-refractivity contribution in [3.05, 3.63) is 41.5 Å². The zero-order valence-corrected chi connectivity index (χ0v) is 8.81. The number of hydrogen-bond donors (Lipinski definition) is 2. The first-order valence-electron chi connectivity index (χ1n) is 4.82. The molecule has 0 aliphatic rings. The largest absolute Gasteiger partial charge is 0.633 e. The van der Waals surface area contributed by atoms with Crippen LogP contribution in [0.25, 0.3) is 6.08 Å². The highest BCUT2D eigenvalue weighted by atomic mass is 16.6. The van der Waals surface area contributed by atoms with Gasteiger partial charge in [0.2, 0.25) is 0 Å². The van der Waals surface area contributed by atoms with Crippen LogP contribution in [0.2, 0.25) is 0 Å². The fraction of sp³-hybridized carbons (Fsp3) is 0.273. The second kappa shape index (κ2) is 5.71. The van der Waals surface area contributed by atoms with E-state index in [9.17, 15) is 0 Å². The minimum atomic E-state index is -1.69. The Kier molecular flexibility index (Phi) is 4.56. The smallest absolute Gasteiger partial charge is 0.402 e. The summed E-state index contributed by atoms with van der Waals surface area (Å²) in [7, 11) is -1.69. The van der Waals surface area contributed by atoms with E-state index in [0.717, 1.165) is 16.7 Å². The summed E-state index contributed by atoms with van der Waals surface area (Å²) in [5, 5.41) is 17.0. The zero-order valence-electron chi connectivity index (χ0n) is 8.81. The van der Waals surface area contributed by atoms with Gasteiger partial charge in [-0.25, -0.2) is 0 Å². The predicted octanol–water partition coefficient (Wildman–Crippen LogP) is 1.17. The highest BCUT2D eigenvalue weighted by Crippen LogP contribution is 2.11. The molecule has 0 spiro atoms. The molecule has 3 nitrogen and oxygen atoms in total. The molecule has 0 heterocycles. The van der Waals surface area contributed by atoms with E-state index in [1.165, 1.54) is 0 Å². The third kappa shape index (κ3) is 4.29. The van der Waals surface area contributed by atoms with Gasteiger partial charge >= 0.3 is 7.32 Å². The van der Waals surface area contributed by atoms with E-state index >= 15 is 0 Å². The van der Waals surface area contributed by atoms with Gasteiger partial charge in [-0.1, -0.05) is 36.4 Å². The highest BCUT2D eigenvalue weighted by Gasteiger charge is 2.07. The van der Waals surface area contributed by atoms with Crippen LogP contribution < -0.4 is 0 Å². The van der Waals surface area contributed by atoms with Crippen LogP contribution in [0.1, 0.15) is 16.7 Å². The van der Waals surface area contributed by atoms with Crippen LogP contribution in [-0.4, -0.2) is 24.0 Å². The van der Waals surface area contributed by atoms with Gasteiger partial charge in [-0.3, -0.25) is 0 Å². The van der Waals surface area contributed by atoms with Crippen molar-refractivity contribution in [2.24, 2.45) is 0 Å². The molecule has 0 aliphatic carbocycles. The fourth-order valence-electron chi connectivity index (χ4n) is 1.44. The first-order valence-corrected chi connectivity index (χ1v) is 4.82. The minimum absolute atomic E-state index is 0.289. The molecule has 0 saturated heterocycles. The molecule has 80 valence electrons. The Bertz CT molecular complexity index is 337. The van der Waals surface area contributed by atoms with Crippen LogP contribution in [0.5, 0.6) is 0 Å². The van der Waals surface area contributed by atoms with Crippen molar-refractivity contribution in [2.75, 3.05) is 6.61 Å². The van der Waals surface area contributed by atoms with Gasteiger partial charge in [0.15, 0.2) is 0 Å². The molecule has 0 bridgehead atoms. The maximum absolute atomic E-state index is 8.50. The summed E-state index contributed by atoms with van der Waals surface area (Å²) in [6, 6.07) is 6.09. The molecule has 2 N–H and O–H groups in total. The van der Waals surface area contributed by atoms with Crippen molar-refractivity contribution >= 4 is 13.4 Å². The van der Waals surface area contributed by atoms with Gasteiger partial charge in [0.25, 0.3) is 0 Å². The topological polar surface area (TPSA) is 49.7 Å². The molecule has 0 radical (unpaired) electrons. The van der Waals surface area contributed by atoms with Crippen LogP contribution >= 0.6 is 0 Å². The van der Waals surface area contributed by atoms with Crippen molar-refractivity contribution in [3.63, 3.8) is 0 Å². The predicted molar refractivity (Wildman–Crippen MR) is 61.1 cm³/mol. The second-order valence-corrected chi connectivity index (χ2v) is 3.40. The first kappa shape index (κ1) is 12.0. The van der Waals surface area contributed by atoms with E-state index in [2.05, 4.69) is 11.2 Å². The Balaban J connectivity index is 2.60. The van der Waals surface area contributed by atoms with Gasteiger partial charge in [-0.15, -0.1) is 0 Å². The first-order chi connectivity index (χ1) is 7.11. The lowest BCUT2D eigenvalue weighted by Crippen LogP contribution is -2.18. The van der Waals surface area contributed by atoms with E-state index in [1.807, 2.05) is 25.1 Å². The normalized spacial score (nSPS) is 10.1. The molecule has 0 fully saturated rings. The third-order valence-electron chi connectivity index (χ3n) is 2.05. The van der Waals surface area contributed by atoms with Crippen LogP contribution in [0.15, 0.2) is 24.8 Å². The lowest BCUT2D eigenvalue weighted by Gasteiger charge is -2.05. The van der Waals surface area contributed by atoms with Crippen LogP contribution in [0.4, 0.5) is 0 Å². The molecular weight excluding hydrogens is 191 g/mol. The summed E-state index contributed by atoms with van der Waals surface area (Å²) < 4.78 is 4.64. The number of rotatable bonds is 5. The van der Waals surface area contributed by atoms with E-state index in [4.69, 9.17) is 10.0 Å². The van der Waals surface area contributed by atoms with Crippen molar-refractivity contribution < 1.29 is 14.7 Å². The average molecular weight is 206 g/mol. The Hall–Kier alpha value is -1.10. The summed E-state index contributed by atoms with van der Waals surface area (Å²) >= 11 is 0. The molecule has 0 amide bonds. The number of hydrogen-bond acceptors (Lipinski definition) is 3. The van der Waals surface area contributed by atoms with E-state index in [-0.39, 0.29) is 6.61 Å². The third-order valence-corrected chi connectivity index (χ3v) is 2.05. The van der Waals surface area contributed by atoms with Crippen LogP contribution in [0, 0.1) is 6.92 Å². The molecule has 0 unspecified atom stereocenters. The lowest BCUT2D eigenvalue weighted by molar-refractivity contribution is 0.188. The Morgan fingerprint density at radius 2 is 2.13 bits per heavy atom. The quantitative estimate of drug-likeness (QED) is 0.711. The maximum atomic E-state index is 8.50. The molecule has 0 saturated carbocycles. The van der Waals surface area contributed by atoms with Gasteiger partial charge in [0, 0.05) is 6.61 Å². The molecule has 0 atom stereocenters. The Morgan fingerprint density at radius 3 is 2.73 bits per heavy atom. The molecule has 15 heavy (non-hydrogen) atoms. The Labute approximate surface area is 90.2 Å². The van der Waals surface area contributed by atoms with Crippen molar-refractivity contribution in [3.8, 4) is 0 Å². The highest BCUT2D eigenvalue weighted by molar-refractivity contribution is 6.32. The number of benzene rings is 1. The van der Waals surface area contributed by atoms with Crippen molar-refractivity contribution in [1.29, 1.82) is 0 Å². The zero-order chi connectivity index (χ0) is 11.3. The molecule has 1 aromatic rings. The summed E-state index contributed by atoms with van der Waals surface area (Å²) in [6.07, 6.45) is 2.44. The van der Waals surface area contributed by atoms with Gasteiger partial charge in [-0.05, 0) is 24.5 Å². The molecule has 0 aliphatic heterocycles. The van der Waals surface area contributed by atoms with Gasteiger partial charge < -0.3 is 14.7 Å². The monoisotopic (exact) mass is 206 g/mol. The summed E-state index contributed by atoms with van der Waals surface area (Å²) in [5.41, 5.74) is 3.33. The molecule has 1 aromatic carbocycles. The standard InChI is InChI=1S/C11H15BO3/c1-3-10-6-9(2)7-11(8-10)4-5-15-12(13)14/h3,6-8,13-14H,1,4-5H2,2H3. The lowest BCUT2D eigenvalue weighted by atomic mass is 10.0. The number of aryl methyl sites for hydroxylation is 1. The van der Waals surface area contributed by atoms with Crippen molar-refractivity contribution in [2.45, 2.75) is 13.3 Å². The van der Waals surface area contributed by atoms with E-state index in [1.54, 1.807) is 6.08 Å². The molecular formula is C11H15BO3. The van der Waals surface area contributed by atoms with Crippen molar-refractivity contribution in [1.82, 2.24) is 0 Å². The van der Waals surface area contributed by atoms with E-state index in [0.29, 0.717) is 6.42 Å². The molecule has 4 heteroatoms. The van der Waals surface area contributed by atoms with Crippen LogP contribution in [-0.2, 0) is 11.1 Å². The molecule has 0 aromatic heterocycles. The average Bonchev–Trinajstić information content (AvgIpc) is 2.16. The second-order valence-electron chi connectivity index (χ2n) is 3.40.